The molecule has 0 saturated carbocycles. The lowest BCUT2D eigenvalue weighted by Crippen LogP contribution is -2.22. The van der Waals surface area contributed by atoms with Crippen LogP contribution in [0.3, 0.4) is 0 Å². The van der Waals surface area contributed by atoms with E-state index in [2.05, 4.69) is 4.99 Å². The van der Waals surface area contributed by atoms with Crippen LogP contribution >= 0.6 is 0 Å². The number of hydrogen-bond donors (Lipinski definition) is 0. The number of aliphatic imine (C=N–C) groups is 1. The van der Waals surface area contributed by atoms with Gasteiger partial charge in [0.2, 0.25) is 5.91 Å². The summed E-state index contributed by atoms with van der Waals surface area (Å²) >= 11 is 0. The highest BCUT2D eigenvalue weighted by atomic mass is 19.1. The van der Waals surface area contributed by atoms with Gasteiger partial charge in [-0.15, -0.1) is 0 Å². The first-order valence-corrected chi connectivity index (χ1v) is 6.20. The molecule has 4 heteroatoms. The Kier molecular flexibility index (Phi) is 4.25. The third kappa shape index (κ3) is 3.51. The highest BCUT2D eigenvalue weighted by Gasteiger charge is 2.04. The average molecular weight is 270 g/mol. The van der Waals surface area contributed by atoms with E-state index in [1.807, 2.05) is 24.3 Å². The first-order chi connectivity index (χ1) is 9.56. The molecule has 0 fully saturated rings. The highest BCUT2D eigenvalue weighted by Crippen LogP contribution is 2.19. The van der Waals surface area contributed by atoms with Gasteiger partial charge in [-0.1, -0.05) is 12.1 Å². The summed E-state index contributed by atoms with van der Waals surface area (Å²) in [4.78, 5) is 17.1. The van der Waals surface area contributed by atoms with E-state index in [1.54, 1.807) is 30.3 Å². The third-order valence-electron chi connectivity index (χ3n) is 2.94. The summed E-state index contributed by atoms with van der Waals surface area (Å²) in [5.41, 5.74) is 2.42. The number of halogens is 1. The topological polar surface area (TPSA) is 32.7 Å². The Morgan fingerprint density at radius 1 is 1.10 bits per heavy atom. The van der Waals surface area contributed by atoms with E-state index >= 15 is 0 Å². The zero-order chi connectivity index (χ0) is 14.5. The predicted molar refractivity (Wildman–Crippen MR) is 79.2 cm³/mol. The first kappa shape index (κ1) is 13.9. The normalized spacial score (nSPS) is 10.8. The lowest BCUT2D eigenvalue weighted by molar-refractivity contribution is -0.116. The van der Waals surface area contributed by atoms with Gasteiger partial charge in [-0.25, -0.2) is 4.39 Å². The number of nitrogens with zero attached hydrogens (tertiary/aromatic N) is 2. The van der Waals surface area contributed by atoms with Crippen molar-refractivity contribution in [1.29, 1.82) is 0 Å². The predicted octanol–water partition coefficient (Wildman–Crippen LogP) is 3.56. The van der Waals surface area contributed by atoms with Crippen LogP contribution in [0.4, 0.5) is 15.8 Å². The lowest BCUT2D eigenvalue weighted by atomic mass is 10.2. The van der Waals surface area contributed by atoms with Crippen molar-refractivity contribution in [3.8, 4) is 0 Å². The fourth-order valence-corrected chi connectivity index (χ4v) is 1.64. The Hall–Kier alpha value is -2.49. The maximum atomic E-state index is 12.8. The van der Waals surface area contributed by atoms with Crippen molar-refractivity contribution in [2.75, 3.05) is 11.9 Å². The van der Waals surface area contributed by atoms with Crippen molar-refractivity contribution < 1.29 is 9.18 Å². The molecule has 0 radical (unpaired) electrons. The summed E-state index contributed by atoms with van der Waals surface area (Å²) in [6, 6.07) is 13.4. The van der Waals surface area contributed by atoms with E-state index in [0.29, 0.717) is 0 Å². The molecule has 3 nitrogen and oxygen atoms in total. The summed E-state index contributed by atoms with van der Waals surface area (Å²) in [6.45, 7) is 1.51. The van der Waals surface area contributed by atoms with Crippen LogP contribution in [0, 0.1) is 5.82 Å². The molecule has 0 aromatic heterocycles. The largest absolute Gasteiger partial charge is 0.316 e. The lowest BCUT2D eigenvalue weighted by Gasteiger charge is -2.14. The van der Waals surface area contributed by atoms with Crippen LogP contribution in [0.15, 0.2) is 53.5 Å². The smallest absolute Gasteiger partial charge is 0.223 e. The van der Waals surface area contributed by atoms with Crippen molar-refractivity contribution in [3.63, 3.8) is 0 Å². The number of amides is 1. The van der Waals surface area contributed by atoms with Crippen molar-refractivity contribution in [2.24, 2.45) is 4.99 Å². The molecule has 2 aromatic rings. The standard InChI is InChI=1S/C16H15FN2O/c1-12(20)19(2)16-9-7-15(8-10-16)18-11-13-3-5-14(17)6-4-13/h3-11H,1-2H3. The molecule has 0 spiro atoms. The number of carbonyl (C=O) groups is 1. The van der Waals surface area contributed by atoms with E-state index in [4.69, 9.17) is 0 Å². The summed E-state index contributed by atoms with van der Waals surface area (Å²) in [7, 11) is 1.72. The van der Waals surface area contributed by atoms with Gasteiger partial charge in [-0.2, -0.15) is 0 Å². The second-order valence-corrected chi connectivity index (χ2v) is 4.40. The summed E-state index contributed by atoms with van der Waals surface area (Å²) < 4.78 is 12.8. The van der Waals surface area contributed by atoms with Gasteiger partial charge in [0.25, 0.3) is 0 Å². The van der Waals surface area contributed by atoms with Gasteiger partial charge in [-0.05, 0) is 42.0 Å². The minimum Gasteiger partial charge on any atom is -0.316 e. The highest BCUT2D eigenvalue weighted by molar-refractivity contribution is 5.91. The molecule has 2 aromatic carbocycles. The monoisotopic (exact) mass is 270 g/mol. The van der Waals surface area contributed by atoms with Crippen LogP contribution in [0.2, 0.25) is 0 Å². The molecule has 0 N–H and O–H groups in total. The van der Waals surface area contributed by atoms with E-state index in [1.165, 1.54) is 19.1 Å². The fourth-order valence-electron chi connectivity index (χ4n) is 1.64. The van der Waals surface area contributed by atoms with Crippen LogP contribution in [0.5, 0.6) is 0 Å². The Morgan fingerprint density at radius 2 is 1.70 bits per heavy atom. The van der Waals surface area contributed by atoms with Crippen LogP contribution in [-0.4, -0.2) is 19.2 Å². The molecule has 1 amide bonds. The van der Waals surface area contributed by atoms with Gasteiger partial charge in [0, 0.05) is 25.9 Å². The number of hydrogen-bond acceptors (Lipinski definition) is 2. The maximum Gasteiger partial charge on any atom is 0.223 e. The zero-order valence-electron chi connectivity index (χ0n) is 11.4. The molecule has 0 aliphatic carbocycles. The summed E-state index contributed by atoms with van der Waals surface area (Å²) in [5, 5.41) is 0. The minimum absolute atomic E-state index is 0.0208. The number of carbonyl (C=O) groups excluding carboxylic acids is 1. The van der Waals surface area contributed by atoms with E-state index in [-0.39, 0.29) is 11.7 Å². The van der Waals surface area contributed by atoms with Gasteiger partial charge in [0.05, 0.1) is 5.69 Å². The number of benzene rings is 2. The Morgan fingerprint density at radius 3 is 2.25 bits per heavy atom. The number of anilines is 1. The van der Waals surface area contributed by atoms with E-state index in [9.17, 15) is 9.18 Å². The van der Waals surface area contributed by atoms with Gasteiger partial charge >= 0.3 is 0 Å². The number of rotatable bonds is 3. The van der Waals surface area contributed by atoms with E-state index < -0.39 is 0 Å². The van der Waals surface area contributed by atoms with Crippen LogP contribution < -0.4 is 4.90 Å². The van der Waals surface area contributed by atoms with Crippen molar-refractivity contribution in [2.45, 2.75) is 6.92 Å². The van der Waals surface area contributed by atoms with Crippen molar-refractivity contribution in [1.82, 2.24) is 0 Å². The molecule has 0 unspecified atom stereocenters. The molecular weight excluding hydrogens is 255 g/mol. The first-order valence-electron chi connectivity index (χ1n) is 6.20. The molecular formula is C16H15FN2O. The van der Waals surface area contributed by atoms with E-state index in [0.717, 1.165) is 16.9 Å². The Labute approximate surface area is 117 Å². The zero-order valence-corrected chi connectivity index (χ0v) is 11.4. The summed E-state index contributed by atoms with van der Waals surface area (Å²) in [5.74, 6) is -0.286. The molecule has 102 valence electrons. The Balaban J connectivity index is 2.10. The third-order valence-corrected chi connectivity index (χ3v) is 2.94. The maximum absolute atomic E-state index is 12.8. The van der Waals surface area contributed by atoms with Gasteiger partial charge < -0.3 is 4.90 Å². The molecule has 0 aliphatic heterocycles. The summed E-state index contributed by atoms with van der Waals surface area (Å²) in [6.07, 6.45) is 1.67. The second-order valence-electron chi connectivity index (χ2n) is 4.40. The molecule has 2 rings (SSSR count). The molecule has 0 heterocycles. The van der Waals surface area contributed by atoms with Gasteiger partial charge in [0.15, 0.2) is 0 Å². The fraction of sp³-hybridized carbons (Fsp3) is 0.125. The Bertz CT molecular complexity index is 618. The van der Waals surface area contributed by atoms with Crippen LogP contribution in [0.1, 0.15) is 12.5 Å². The van der Waals surface area contributed by atoms with Crippen LogP contribution in [-0.2, 0) is 4.79 Å². The molecule has 0 bridgehead atoms. The quantitative estimate of drug-likeness (QED) is 0.785. The van der Waals surface area contributed by atoms with Crippen LogP contribution in [0.25, 0.3) is 0 Å². The molecule has 0 aliphatic rings. The molecule has 0 atom stereocenters. The SMILES string of the molecule is CC(=O)N(C)c1ccc(N=Cc2ccc(F)cc2)cc1. The molecule has 20 heavy (non-hydrogen) atoms. The van der Waals surface area contributed by atoms with Gasteiger partial charge in [0.1, 0.15) is 5.82 Å². The second kappa shape index (κ2) is 6.10. The average Bonchev–Trinajstić information content (AvgIpc) is 2.46. The van der Waals surface area contributed by atoms with Crippen molar-refractivity contribution >= 4 is 23.5 Å². The molecule has 0 saturated heterocycles. The van der Waals surface area contributed by atoms with Crippen molar-refractivity contribution in [3.05, 3.63) is 59.9 Å². The van der Waals surface area contributed by atoms with Gasteiger partial charge in [-0.3, -0.25) is 9.79 Å². The minimum atomic E-state index is -0.265.